The summed E-state index contributed by atoms with van der Waals surface area (Å²) in [4.78, 5) is 16.7. The Labute approximate surface area is 187 Å². The van der Waals surface area contributed by atoms with E-state index in [9.17, 15) is 4.79 Å². The minimum atomic E-state index is -0.279. The van der Waals surface area contributed by atoms with E-state index in [0.29, 0.717) is 22.9 Å². The van der Waals surface area contributed by atoms with Crippen LogP contribution in [0.25, 0.3) is 0 Å². The smallest absolute Gasteiger partial charge is 0.278 e. The zero-order valence-corrected chi connectivity index (χ0v) is 18.1. The highest BCUT2D eigenvalue weighted by Crippen LogP contribution is 2.24. The third kappa shape index (κ3) is 5.47. The maximum absolute atomic E-state index is 12.7. The molecular formula is C20H24Cl2N6O2. The first-order valence-corrected chi connectivity index (χ1v) is 9.32. The Morgan fingerprint density at radius 1 is 1.13 bits per heavy atom. The number of anilines is 1. The van der Waals surface area contributed by atoms with Gasteiger partial charge in [-0.25, -0.2) is 4.68 Å². The van der Waals surface area contributed by atoms with Crippen LogP contribution in [0.5, 0.6) is 11.5 Å². The van der Waals surface area contributed by atoms with Crippen molar-refractivity contribution in [2.45, 2.75) is 25.8 Å². The predicted molar refractivity (Wildman–Crippen MR) is 119 cm³/mol. The van der Waals surface area contributed by atoms with Crippen LogP contribution in [-0.4, -0.2) is 39.0 Å². The van der Waals surface area contributed by atoms with Crippen LogP contribution in [0.2, 0.25) is 0 Å². The minimum absolute atomic E-state index is 0. The molecule has 1 aliphatic heterocycles. The molecule has 8 nitrogen and oxygen atoms in total. The van der Waals surface area contributed by atoms with E-state index >= 15 is 0 Å². The number of halogens is 2. The van der Waals surface area contributed by atoms with Crippen molar-refractivity contribution in [2.75, 3.05) is 18.4 Å². The number of piperidine rings is 1. The van der Waals surface area contributed by atoms with Gasteiger partial charge in [0, 0.05) is 24.1 Å². The van der Waals surface area contributed by atoms with Gasteiger partial charge in [0.15, 0.2) is 5.69 Å². The van der Waals surface area contributed by atoms with Crippen LogP contribution in [0.1, 0.15) is 35.1 Å². The molecular weight excluding hydrogens is 427 g/mol. The third-order valence-corrected chi connectivity index (χ3v) is 4.77. The van der Waals surface area contributed by atoms with Gasteiger partial charge in [0.1, 0.15) is 11.5 Å². The Balaban J connectivity index is 0.00000160. The molecule has 10 heteroatoms. The molecule has 2 N–H and O–H groups in total. The van der Waals surface area contributed by atoms with E-state index in [-0.39, 0.29) is 36.8 Å². The number of pyridine rings is 1. The molecule has 160 valence electrons. The lowest BCUT2D eigenvalue weighted by Gasteiger charge is -2.23. The molecule has 1 amide bonds. The molecule has 2 aromatic heterocycles. The van der Waals surface area contributed by atoms with Crippen LogP contribution in [-0.2, 0) is 0 Å². The van der Waals surface area contributed by atoms with E-state index in [0.717, 1.165) is 31.6 Å². The van der Waals surface area contributed by atoms with Crippen LogP contribution in [0.15, 0.2) is 48.8 Å². The lowest BCUT2D eigenvalue weighted by molar-refractivity contribution is 0.102. The molecule has 0 saturated carbocycles. The van der Waals surface area contributed by atoms with Gasteiger partial charge in [-0.05, 0) is 57.1 Å². The predicted octanol–water partition coefficient (Wildman–Crippen LogP) is 3.79. The van der Waals surface area contributed by atoms with Crippen molar-refractivity contribution in [3.63, 3.8) is 0 Å². The minimum Gasteiger partial charge on any atom is -0.457 e. The van der Waals surface area contributed by atoms with Gasteiger partial charge in [-0.1, -0.05) is 11.3 Å². The number of hydrogen-bond acceptors (Lipinski definition) is 6. The lowest BCUT2D eigenvalue weighted by Crippen LogP contribution is -2.30. The Morgan fingerprint density at radius 3 is 2.60 bits per heavy atom. The van der Waals surface area contributed by atoms with Crippen LogP contribution >= 0.6 is 24.8 Å². The molecule has 1 fully saturated rings. The summed E-state index contributed by atoms with van der Waals surface area (Å²) in [5, 5.41) is 14.6. The molecule has 3 aromatic rings. The molecule has 0 unspecified atom stereocenters. The molecule has 30 heavy (non-hydrogen) atoms. The van der Waals surface area contributed by atoms with Gasteiger partial charge in [-0.3, -0.25) is 9.78 Å². The number of ether oxygens (including phenoxy) is 1. The molecule has 1 aromatic carbocycles. The number of benzene rings is 1. The van der Waals surface area contributed by atoms with Gasteiger partial charge >= 0.3 is 0 Å². The normalized spacial score (nSPS) is 13.6. The zero-order valence-electron chi connectivity index (χ0n) is 16.4. The van der Waals surface area contributed by atoms with Gasteiger partial charge in [0.05, 0.1) is 11.7 Å². The molecule has 4 rings (SSSR count). The van der Waals surface area contributed by atoms with Gasteiger partial charge in [-0.15, -0.1) is 29.9 Å². The number of rotatable bonds is 5. The largest absolute Gasteiger partial charge is 0.457 e. The van der Waals surface area contributed by atoms with Gasteiger partial charge in [0.25, 0.3) is 5.91 Å². The monoisotopic (exact) mass is 450 g/mol. The van der Waals surface area contributed by atoms with Crippen LogP contribution in [0.4, 0.5) is 5.69 Å². The number of carbonyl (C=O) groups excluding carboxylic acids is 1. The molecule has 0 aliphatic carbocycles. The van der Waals surface area contributed by atoms with Crippen LogP contribution in [0, 0.1) is 6.92 Å². The summed E-state index contributed by atoms with van der Waals surface area (Å²) >= 11 is 0. The van der Waals surface area contributed by atoms with E-state index in [2.05, 4.69) is 25.9 Å². The first kappa shape index (κ1) is 23.6. The molecule has 0 bridgehead atoms. The number of amides is 1. The van der Waals surface area contributed by atoms with Crippen molar-refractivity contribution in [1.29, 1.82) is 0 Å². The Bertz CT molecular complexity index is 961. The Kier molecular flexibility index (Phi) is 8.58. The van der Waals surface area contributed by atoms with E-state index in [4.69, 9.17) is 4.74 Å². The zero-order chi connectivity index (χ0) is 19.3. The van der Waals surface area contributed by atoms with E-state index in [1.165, 1.54) is 0 Å². The topological polar surface area (TPSA) is 94.0 Å². The summed E-state index contributed by atoms with van der Waals surface area (Å²) in [5.41, 5.74) is 1.76. The molecule has 0 spiro atoms. The Hall–Kier alpha value is -2.68. The Morgan fingerprint density at radius 2 is 1.87 bits per heavy atom. The quantitative estimate of drug-likeness (QED) is 0.613. The second kappa shape index (κ2) is 10.9. The first-order valence-electron chi connectivity index (χ1n) is 9.32. The second-order valence-corrected chi connectivity index (χ2v) is 6.72. The van der Waals surface area contributed by atoms with Gasteiger partial charge in [0.2, 0.25) is 0 Å². The van der Waals surface area contributed by atoms with E-state index < -0.39 is 0 Å². The lowest BCUT2D eigenvalue weighted by atomic mass is 10.1. The number of hydrogen-bond donors (Lipinski definition) is 2. The second-order valence-electron chi connectivity index (χ2n) is 6.72. The number of carbonyl (C=O) groups is 1. The molecule has 0 atom stereocenters. The summed E-state index contributed by atoms with van der Waals surface area (Å²) in [6, 6.07) is 11.1. The highest BCUT2D eigenvalue weighted by Gasteiger charge is 2.23. The fourth-order valence-electron chi connectivity index (χ4n) is 3.32. The average molecular weight is 451 g/mol. The SMILES string of the molecule is Cc1c(C(=O)Nc2cccc(Oc3ccncc3)c2)nnn1C1CCNCC1.Cl.Cl. The van der Waals surface area contributed by atoms with Crippen molar-refractivity contribution >= 4 is 36.4 Å². The summed E-state index contributed by atoms with van der Waals surface area (Å²) in [6.07, 6.45) is 5.30. The third-order valence-electron chi connectivity index (χ3n) is 4.77. The maximum Gasteiger partial charge on any atom is 0.278 e. The van der Waals surface area contributed by atoms with Crippen molar-refractivity contribution in [3.05, 3.63) is 60.2 Å². The van der Waals surface area contributed by atoms with Crippen molar-refractivity contribution in [3.8, 4) is 11.5 Å². The molecule has 1 saturated heterocycles. The van der Waals surface area contributed by atoms with Gasteiger partial charge < -0.3 is 15.4 Å². The molecule has 0 radical (unpaired) electrons. The van der Waals surface area contributed by atoms with Crippen molar-refractivity contribution < 1.29 is 9.53 Å². The number of nitrogens with one attached hydrogen (secondary N) is 2. The summed E-state index contributed by atoms with van der Waals surface area (Å²) in [7, 11) is 0. The molecule has 3 heterocycles. The van der Waals surface area contributed by atoms with Crippen LogP contribution < -0.4 is 15.4 Å². The first-order chi connectivity index (χ1) is 13.7. The highest BCUT2D eigenvalue weighted by molar-refractivity contribution is 6.03. The highest BCUT2D eigenvalue weighted by atomic mass is 35.5. The fourth-order valence-corrected chi connectivity index (χ4v) is 3.32. The van der Waals surface area contributed by atoms with Crippen molar-refractivity contribution in [1.82, 2.24) is 25.3 Å². The van der Waals surface area contributed by atoms with E-state index in [1.807, 2.05) is 29.8 Å². The fraction of sp³-hybridized carbons (Fsp3) is 0.300. The summed E-state index contributed by atoms with van der Waals surface area (Å²) in [5.74, 6) is 1.03. The number of aromatic nitrogens is 4. The van der Waals surface area contributed by atoms with Crippen LogP contribution in [0.3, 0.4) is 0 Å². The van der Waals surface area contributed by atoms with Crippen molar-refractivity contribution in [2.24, 2.45) is 0 Å². The summed E-state index contributed by atoms with van der Waals surface area (Å²) in [6.45, 7) is 3.80. The standard InChI is InChI=1S/C20H22N6O2.2ClH/c1-14-19(24-25-26(14)16-5-9-21-10-6-16)20(27)23-15-3-2-4-18(13-15)28-17-7-11-22-12-8-17;;/h2-4,7-8,11-13,16,21H,5-6,9-10H2,1H3,(H,23,27);2*1H. The molecule has 1 aliphatic rings. The summed E-state index contributed by atoms with van der Waals surface area (Å²) < 4.78 is 7.66. The van der Waals surface area contributed by atoms with Gasteiger partial charge in [-0.2, -0.15) is 0 Å². The average Bonchev–Trinajstić information content (AvgIpc) is 3.11. The van der Waals surface area contributed by atoms with E-state index in [1.54, 1.807) is 30.6 Å². The number of nitrogens with zero attached hydrogens (tertiary/aromatic N) is 4. The maximum atomic E-state index is 12.7.